The van der Waals surface area contributed by atoms with Crippen LogP contribution in [0.5, 0.6) is 0 Å². The van der Waals surface area contributed by atoms with Gasteiger partial charge in [0, 0.05) is 25.9 Å². The highest BCUT2D eigenvalue weighted by molar-refractivity contribution is 7.92. The van der Waals surface area contributed by atoms with Gasteiger partial charge >= 0.3 is 0 Å². The molecule has 3 rings (SSSR count). The Morgan fingerprint density at radius 3 is 2.40 bits per heavy atom. The number of carbonyl (C=O) groups is 1. The van der Waals surface area contributed by atoms with E-state index in [1.807, 2.05) is 33.8 Å². The van der Waals surface area contributed by atoms with Gasteiger partial charge in [0.25, 0.3) is 21.9 Å². The summed E-state index contributed by atoms with van der Waals surface area (Å²) in [7, 11) is -2.69. The van der Waals surface area contributed by atoms with Crippen LogP contribution in [0, 0.1) is 16.7 Å². The predicted octanol–water partition coefficient (Wildman–Crippen LogP) is 4.46. The van der Waals surface area contributed by atoms with Gasteiger partial charge in [-0.05, 0) is 48.6 Å². The van der Waals surface area contributed by atoms with Crippen molar-refractivity contribution in [2.45, 2.75) is 63.8 Å². The number of halogens is 2. The standard InChI is InChI=1S/C24H29F2N5O3S/c1-15(23(2,3)4)28-22(32)21-20(30-35(33,34)18-8-6-16(14-27)7-9-18)19(29-31(21)5)17-10-12-24(25,26)13-11-17/h6-10,15,30H,11-13H2,1-5H3,(H,28,32). The zero-order valence-corrected chi connectivity index (χ0v) is 21.1. The molecule has 0 saturated carbocycles. The van der Waals surface area contributed by atoms with Crippen LogP contribution in [0.2, 0.25) is 0 Å². The van der Waals surface area contributed by atoms with Crippen LogP contribution >= 0.6 is 0 Å². The van der Waals surface area contributed by atoms with Crippen LogP contribution in [0.3, 0.4) is 0 Å². The first-order chi connectivity index (χ1) is 16.1. The van der Waals surface area contributed by atoms with Gasteiger partial charge in [0.2, 0.25) is 0 Å². The summed E-state index contributed by atoms with van der Waals surface area (Å²) in [6.07, 6.45) is 0.420. The Balaban J connectivity index is 2.09. The van der Waals surface area contributed by atoms with Crippen molar-refractivity contribution < 1.29 is 22.0 Å². The normalized spacial score (nSPS) is 16.7. The monoisotopic (exact) mass is 505 g/mol. The van der Waals surface area contributed by atoms with E-state index in [0.29, 0.717) is 5.57 Å². The summed E-state index contributed by atoms with van der Waals surface area (Å²) >= 11 is 0. The molecule has 1 aromatic heterocycles. The molecule has 35 heavy (non-hydrogen) atoms. The number of carbonyl (C=O) groups excluding carboxylic acids is 1. The Morgan fingerprint density at radius 2 is 1.89 bits per heavy atom. The fraction of sp³-hybridized carbons (Fsp3) is 0.458. The number of aromatic nitrogens is 2. The second-order valence-electron chi connectivity index (χ2n) is 9.79. The Labute approximate surface area is 204 Å². The van der Waals surface area contributed by atoms with Crippen molar-refractivity contribution in [2.75, 3.05) is 4.72 Å². The van der Waals surface area contributed by atoms with Crippen LogP contribution in [0.15, 0.2) is 35.2 Å². The Kier molecular flexibility index (Phi) is 7.09. The van der Waals surface area contributed by atoms with Gasteiger partial charge in [-0.2, -0.15) is 10.4 Å². The summed E-state index contributed by atoms with van der Waals surface area (Å²) in [6.45, 7) is 7.69. The third-order valence-corrected chi connectivity index (χ3v) is 7.52. The van der Waals surface area contributed by atoms with Gasteiger partial charge < -0.3 is 5.32 Å². The maximum Gasteiger partial charge on any atom is 0.271 e. The van der Waals surface area contributed by atoms with E-state index in [2.05, 4.69) is 15.1 Å². The van der Waals surface area contributed by atoms with Crippen molar-refractivity contribution in [1.82, 2.24) is 15.1 Å². The highest BCUT2D eigenvalue weighted by atomic mass is 32.2. The number of nitrogens with one attached hydrogen (secondary N) is 2. The lowest BCUT2D eigenvalue weighted by Crippen LogP contribution is -2.42. The molecule has 0 bridgehead atoms. The molecule has 0 saturated heterocycles. The molecule has 1 heterocycles. The SMILES string of the molecule is CC(NC(=O)c1c(NS(=O)(=O)c2ccc(C#N)cc2)c(C2=CCC(F)(F)CC2)nn1C)C(C)(C)C. The van der Waals surface area contributed by atoms with Crippen LogP contribution in [0.4, 0.5) is 14.5 Å². The van der Waals surface area contributed by atoms with Gasteiger partial charge in [-0.25, -0.2) is 17.2 Å². The van der Waals surface area contributed by atoms with Crippen molar-refractivity contribution in [3.63, 3.8) is 0 Å². The lowest BCUT2D eigenvalue weighted by molar-refractivity contribution is -0.00606. The van der Waals surface area contributed by atoms with Crippen LogP contribution in [-0.4, -0.2) is 36.1 Å². The number of rotatable bonds is 6. The summed E-state index contributed by atoms with van der Waals surface area (Å²) in [5, 5.41) is 16.2. The Hall–Kier alpha value is -3.26. The van der Waals surface area contributed by atoms with E-state index in [4.69, 9.17) is 5.26 Å². The summed E-state index contributed by atoms with van der Waals surface area (Å²) in [5.74, 6) is -3.39. The molecule has 2 N–H and O–H groups in total. The second-order valence-corrected chi connectivity index (χ2v) is 11.5. The van der Waals surface area contributed by atoms with E-state index in [1.165, 1.54) is 42.1 Å². The molecule has 8 nitrogen and oxygen atoms in total. The number of alkyl halides is 2. The number of amides is 1. The lowest BCUT2D eigenvalue weighted by Gasteiger charge is -2.28. The molecule has 1 aromatic carbocycles. The van der Waals surface area contributed by atoms with Crippen LogP contribution in [0.1, 0.15) is 68.7 Å². The topological polar surface area (TPSA) is 117 Å². The zero-order chi connectivity index (χ0) is 26.2. The van der Waals surface area contributed by atoms with Crippen molar-refractivity contribution in [3.8, 4) is 6.07 Å². The van der Waals surface area contributed by atoms with Gasteiger partial charge in [-0.3, -0.25) is 14.2 Å². The quantitative estimate of drug-likeness (QED) is 0.601. The molecule has 2 aromatic rings. The number of sulfonamides is 1. The highest BCUT2D eigenvalue weighted by Crippen LogP contribution is 2.39. The summed E-state index contributed by atoms with van der Waals surface area (Å²) in [4.78, 5) is 13.1. The van der Waals surface area contributed by atoms with Crippen LogP contribution in [-0.2, 0) is 17.1 Å². The van der Waals surface area contributed by atoms with E-state index in [0.717, 1.165) is 0 Å². The molecule has 1 amide bonds. The molecule has 1 aliphatic carbocycles. The van der Waals surface area contributed by atoms with E-state index >= 15 is 0 Å². The molecule has 11 heteroatoms. The number of aryl methyl sites for hydroxylation is 1. The molecule has 0 fully saturated rings. The molecule has 1 unspecified atom stereocenters. The first-order valence-electron chi connectivity index (χ1n) is 11.1. The van der Waals surface area contributed by atoms with Crippen LogP contribution in [0.25, 0.3) is 5.57 Å². The number of benzene rings is 1. The largest absolute Gasteiger partial charge is 0.348 e. The number of nitriles is 1. The molecule has 188 valence electrons. The molecule has 1 atom stereocenters. The second kappa shape index (κ2) is 9.41. The minimum atomic E-state index is -4.19. The highest BCUT2D eigenvalue weighted by Gasteiger charge is 2.35. The lowest BCUT2D eigenvalue weighted by atomic mass is 9.88. The van der Waals surface area contributed by atoms with E-state index in [-0.39, 0.29) is 45.4 Å². The van der Waals surface area contributed by atoms with Gasteiger partial charge in [0.1, 0.15) is 11.4 Å². The van der Waals surface area contributed by atoms with Crippen LogP contribution < -0.4 is 10.0 Å². The third kappa shape index (κ3) is 5.88. The van der Waals surface area contributed by atoms with E-state index in [9.17, 15) is 22.0 Å². The average Bonchev–Trinajstić information content (AvgIpc) is 3.08. The molecular weight excluding hydrogens is 476 g/mol. The summed E-state index contributed by atoms with van der Waals surface area (Å²) in [5.41, 5.74) is 0.478. The number of allylic oxidation sites excluding steroid dienone is 2. The van der Waals surface area contributed by atoms with E-state index < -0.39 is 34.7 Å². The Morgan fingerprint density at radius 1 is 1.26 bits per heavy atom. The molecule has 0 aliphatic heterocycles. The number of anilines is 1. The molecule has 0 spiro atoms. The predicted molar refractivity (Wildman–Crippen MR) is 128 cm³/mol. The van der Waals surface area contributed by atoms with Crippen molar-refractivity contribution >= 4 is 27.2 Å². The fourth-order valence-electron chi connectivity index (χ4n) is 3.50. The van der Waals surface area contributed by atoms with Crippen molar-refractivity contribution in [1.29, 1.82) is 5.26 Å². The van der Waals surface area contributed by atoms with Gasteiger partial charge in [-0.15, -0.1) is 0 Å². The Bertz CT molecular complexity index is 1300. The van der Waals surface area contributed by atoms with Gasteiger partial charge in [0.15, 0.2) is 5.69 Å². The van der Waals surface area contributed by atoms with Crippen molar-refractivity contribution in [3.05, 3.63) is 47.3 Å². The third-order valence-electron chi connectivity index (χ3n) is 6.15. The molecule has 0 radical (unpaired) electrons. The van der Waals surface area contributed by atoms with Crippen molar-refractivity contribution in [2.24, 2.45) is 12.5 Å². The first kappa shape index (κ1) is 26.3. The average molecular weight is 506 g/mol. The summed E-state index contributed by atoms with van der Waals surface area (Å²) < 4.78 is 57.6. The first-order valence-corrected chi connectivity index (χ1v) is 12.6. The number of hydrogen-bond acceptors (Lipinski definition) is 5. The van der Waals surface area contributed by atoms with Gasteiger partial charge in [0.05, 0.1) is 16.5 Å². The maximum atomic E-state index is 13.7. The molecule has 1 aliphatic rings. The summed E-state index contributed by atoms with van der Waals surface area (Å²) in [6, 6.07) is 6.94. The minimum absolute atomic E-state index is 0.0188. The number of hydrogen-bond donors (Lipinski definition) is 2. The number of nitrogens with zero attached hydrogens (tertiary/aromatic N) is 3. The fourth-order valence-corrected chi connectivity index (χ4v) is 4.57. The maximum absolute atomic E-state index is 13.7. The van der Waals surface area contributed by atoms with Gasteiger partial charge in [-0.1, -0.05) is 26.8 Å². The minimum Gasteiger partial charge on any atom is -0.348 e. The zero-order valence-electron chi connectivity index (χ0n) is 20.3. The molecular formula is C24H29F2N5O3S. The van der Waals surface area contributed by atoms with E-state index in [1.54, 1.807) is 0 Å². The smallest absolute Gasteiger partial charge is 0.271 e.